The number of aliphatic hydroxyl groups excluding tert-OH is 1. The molecule has 0 aromatic heterocycles. The fraction of sp³-hybridized carbons (Fsp3) is 0.800. The summed E-state index contributed by atoms with van der Waals surface area (Å²) < 4.78 is 4.85. The van der Waals surface area contributed by atoms with Crippen molar-refractivity contribution in [3.8, 4) is 0 Å². The van der Waals surface area contributed by atoms with Crippen molar-refractivity contribution in [3.05, 3.63) is 11.6 Å². The first kappa shape index (κ1) is 14.5. The van der Waals surface area contributed by atoms with Gasteiger partial charge in [0.2, 0.25) is 0 Å². The van der Waals surface area contributed by atoms with Crippen LogP contribution in [0.2, 0.25) is 0 Å². The smallest absolute Gasteiger partial charge is 0.323 e. The van der Waals surface area contributed by atoms with Gasteiger partial charge in [-0.3, -0.25) is 9.69 Å². The molecule has 1 aliphatic heterocycles. The number of rotatable bonds is 3. The van der Waals surface area contributed by atoms with Gasteiger partial charge in [-0.2, -0.15) is 0 Å². The van der Waals surface area contributed by atoms with Crippen LogP contribution in [0.3, 0.4) is 0 Å². The second-order valence-corrected chi connectivity index (χ2v) is 5.99. The Hall–Kier alpha value is -0.870. The number of aliphatic hydroxyl groups is 1. The highest BCUT2D eigenvalue weighted by molar-refractivity contribution is 5.76. The van der Waals surface area contributed by atoms with Crippen molar-refractivity contribution < 1.29 is 14.6 Å². The molecule has 0 aromatic rings. The number of ether oxygens (including phenoxy) is 1. The summed E-state index contributed by atoms with van der Waals surface area (Å²) in [5, 5.41) is 9.81. The molecule has 0 bridgehead atoms. The predicted molar refractivity (Wildman–Crippen MR) is 73.6 cm³/mol. The lowest BCUT2D eigenvalue weighted by Gasteiger charge is -2.34. The van der Waals surface area contributed by atoms with E-state index in [1.165, 1.54) is 19.1 Å². The van der Waals surface area contributed by atoms with Crippen LogP contribution < -0.4 is 0 Å². The highest BCUT2D eigenvalue weighted by Gasteiger charge is 2.38. The minimum Gasteiger partial charge on any atom is -0.468 e. The fourth-order valence-corrected chi connectivity index (χ4v) is 3.41. The van der Waals surface area contributed by atoms with E-state index >= 15 is 0 Å². The topological polar surface area (TPSA) is 49.8 Å². The van der Waals surface area contributed by atoms with E-state index in [0.29, 0.717) is 24.8 Å². The molecule has 108 valence electrons. The molecule has 19 heavy (non-hydrogen) atoms. The number of carbonyl (C=O) groups is 1. The van der Waals surface area contributed by atoms with Gasteiger partial charge in [-0.25, -0.2) is 0 Å². The van der Waals surface area contributed by atoms with Crippen LogP contribution in [0.1, 0.15) is 33.1 Å². The minimum absolute atomic E-state index is 0.221. The molecule has 0 radical (unpaired) electrons. The monoisotopic (exact) mass is 267 g/mol. The molecule has 0 amide bonds. The summed E-state index contributed by atoms with van der Waals surface area (Å²) in [5.74, 6) is 0.911. The largest absolute Gasteiger partial charge is 0.468 e. The molecule has 1 fully saturated rings. The number of likely N-dealkylation sites (tertiary alicyclic amines) is 1. The molecule has 4 heteroatoms. The van der Waals surface area contributed by atoms with Crippen molar-refractivity contribution in [2.24, 2.45) is 11.8 Å². The van der Waals surface area contributed by atoms with E-state index in [0.717, 1.165) is 13.0 Å². The Kier molecular flexibility index (Phi) is 4.63. The first-order chi connectivity index (χ1) is 9.02. The zero-order valence-electron chi connectivity index (χ0n) is 12.1. The van der Waals surface area contributed by atoms with Gasteiger partial charge in [0.1, 0.15) is 6.04 Å². The molecular formula is C15H25NO3. The van der Waals surface area contributed by atoms with Crippen LogP contribution in [0, 0.1) is 11.8 Å². The lowest BCUT2D eigenvalue weighted by atomic mass is 9.79. The molecule has 0 saturated carbocycles. The molecule has 1 heterocycles. The van der Waals surface area contributed by atoms with Crippen molar-refractivity contribution in [2.75, 3.05) is 20.2 Å². The molecular weight excluding hydrogens is 242 g/mol. The van der Waals surface area contributed by atoms with Crippen LogP contribution in [0.25, 0.3) is 0 Å². The maximum atomic E-state index is 11.8. The van der Waals surface area contributed by atoms with E-state index in [-0.39, 0.29) is 12.0 Å². The van der Waals surface area contributed by atoms with Crippen LogP contribution in [-0.4, -0.2) is 48.3 Å². The van der Waals surface area contributed by atoms with Crippen molar-refractivity contribution in [1.82, 2.24) is 4.90 Å². The summed E-state index contributed by atoms with van der Waals surface area (Å²) in [6.45, 7) is 5.89. The number of hydrogen-bond donors (Lipinski definition) is 1. The van der Waals surface area contributed by atoms with Gasteiger partial charge in [-0.1, -0.05) is 18.6 Å². The maximum Gasteiger partial charge on any atom is 0.323 e. The molecule has 0 spiro atoms. The molecule has 2 aliphatic rings. The van der Waals surface area contributed by atoms with Crippen molar-refractivity contribution >= 4 is 5.97 Å². The Balaban J connectivity index is 2.06. The number of hydrogen-bond acceptors (Lipinski definition) is 4. The Labute approximate surface area is 115 Å². The van der Waals surface area contributed by atoms with Crippen LogP contribution >= 0.6 is 0 Å². The second kappa shape index (κ2) is 6.06. The Morgan fingerprint density at radius 3 is 2.95 bits per heavy atom. The summed E-state index contributed by atoms with van der Waals surface area (Å²) >= 11 is 0. The van der Waals surface area contributed by atoms with E-state index in [1.807, 2.05) is 0 Å². The third kappa shape index (κ3) is 3.18. The van der Waals surface area contributed by atoms with E-state index in [4.69, 9.17) is 4.74 Å². The van der Waals surface area contributed by atoms with Gasteiger partial charge in [0.15, 0.2) is 0 Å². The SMILES string of the molecule is COC(=O)C1C[C@@H](O)CN1CC1C(C)=CCCC1C. The van der Waals surface area contributed by atoms with Crippen molar-refractivity contribution in [2.45, 2.75) is 45.3 Å². The highest BCUT2D eigenvalue weighted by atomic mass is 16.5. The van der Waals surface area contributed by atoms with Crippen LogP contribution in [0.5, 0.6) is 0 Å². The Morgan fingerprint density at radius 2 is 2.32 bits per heavy atom. The average Bonchev–Trinajstić information content (AvgIpc) is 2.74. The standard InChI is InChI=1S/C15H25NO3/c1-10-5-4-6-11(2)13(10)9-16-8-12(17)7-14(16)15(18)19-3/h5,11-14,17H,4,6-9H2,1-3H3/t11?,12-,13?,14?/m1/s1. The van der Waals surface area contributed by atoms with Crippen molar-refractivity contribution in [3.63, 3.8) is 0 Å². The van der Waals surface area contributed by atoms with Crippen molar-refractivity contribution in [1.29, 1.82) is 0 Å². The number of methoxy groups -OCH3 is 1. The molecule has 2 rings (SSSR count). The lowest BCUT2D eigenvalue weighted by molar-refractivity contribution is -0.146. The molecule has 1 N–H and O–H groups in total. The molecule has 1 aliphatic carbocycles. The van der Waals surface area contributed by atoms with Gasteiger partial charge in [0, 0.05) is 19.5 Å². The average molecular weight is 267 g/mol. The number of carbonyl (C=O) groups excluding carboxylic acids is 1. The van der Waals surface area contributed by atoms with Gasteiger partial charge in [0.05, 0.1) is 13.2 Å². The molecule has 0 aromatic carbocycles. The molecule has 4 atom stereocenters. The van der Waals surface area contributed by atoms with E-state index in [1.54, 1.807) is 0 Å². The summed E-state index contributed by atoms with van der Waals surface area (Å²) in [5.41, 5.74) is 1.42. The fourth-order valence-electron chi connectivity index (χ4n) is 3.41. The summed E-state index contributed by atoms with van der Waals surface area (Å²) in [4.78, 5) is 13.9. The third-order valence-corrected chi connectivity index (χ3v) is 4.65. The minimum atomic E-state index is -0.410. The first-order valence-electron chi connectivity index (χ1n) is 7.19. The maximum absolute atomic E-state index is 11.8. The van der Waals surface area contributed by atoms with Crippen LogP contribution in [0.15, 0.2) is 11.6 Å². The number of β-amino-alcohol motifs (C(OH)–C–C–N with tert-alkyl or cyclic N) is 1. The highest BCUT2D eigenvalue weighted by Crippen LogP contribution is 2.32. The molecule has 4 nitrogen and oxygen atoms in total. The molecule has 1 saturated heterocycles. The zero-order chi connectivity index (χ0) is 14.0. The third-order valence-electron chi connectivity index (χ3n) is 4.65. The predicted octanol–water partition coefficient (Wildman–Crippen LogP) is 1.59. The Morgan fingerprint density at radius 1 is 1.58 bits per heavy atom. The second-order valence-electron chi connectivity index (χ2n) is 5.99. The van der Waals surface area contributed by atoms with E-state index in [9.17, 15) is 9.90 Å². The van der Waals surface area contributed by atoms with Gasteiger partial charge in [0.25, 0.3) is 0 Å². The van der Waals surface area contributed by atoms with Gasteiger partial charge < -0.3 is 9.84 Å². The van der Waals surface area contributed by atoms with Crippen LogP contribution in [0.4, 0.5) is 0 Å². The van der Waals surface area contributed by atoms with Gasteiger partial charge >= 0.3 is 5.97 Å². The first-order valence-corrected chi connectivity index (χ1v) is 7.19. The van der Waals surface area contributed by atoms with Gasteiger partial charge in [-0.05, 0) is 31.6 Å². The quantitative estimate of drug-likeness (QED) is 0.623. The van der Waals surface area contributed by atoms with E-state index < -0.39 is 6.10 Å². The number of esters is 1. The summed E-state index contributed by atoms with van der Waals surface area (Å²) in [6.07, 6.45) is 4.77. The summed E-state index contributed by atoms with van der Waals surface area (Å²) in [7, 11) is 1.42. The summed E-state index contributed by atoms with van der Waals surface area (Å²) in [6, 6.07) is -0.276. The van der Waals surface area contributed by atoms with E-state index in [2.05, 4.69) is 24.8 Å². The van der Waals surface area contributed by atoms with Gasteiger partial charge in [-0.15, -0.1) is 0 Å². The lowest BCUT2D eigenvalue weighted by Crippen LogP contribution is -2.41. The van der Waals surface area contributed by atoms with Crippen LogP contribution in [-0.2, 0) is 9.53 Å². The normalized spacial score (nSPS) is 36.1. The Bertz CT molecular complexity index is 366. The number of allylic oxidation sites excluding steroid dienone is 1. The number of nitrogens with zero attached hydrogens (tertiary/aromatic N) is 1. The zero-order valence-corrected chi connectivity index (χ0v) is 12.1. The molecule has 3 unspecified atom stereocenters.